The van der Waals surface area contributed by atoms with Crippen molar-refractivity contribution in [3.05, 3.63) is 29.8 Å². The number of nitrogens with two attached hydrogens (primary N) is 1. The van der Waals surface area contributed by atoms with Crippen LogP contribution in [0.5, 0.6) is 0 Å². The predicted molar refractivity (Wildman–Crippen MR) is 78.6 cm³/mol. The maximum Gasteiger partial charge on any atom is 0.151 e. The fourth-order valence-corrected chi connectivity index (χ4v) is 4.41. The second kappa shape index (κ2) is 5.51. The monoisotopic (exact) mass is 282 g/mol. The van der Waals surface area contributed by atoms with Gasteiger partial charge in [-0.2, -0.15) is 0 Å². The molecule has 2 N–H and O–H groups in total. The minimum absolute atomic E-state index is 0.131. The van der Waals surface area contributed by atoms with Crippen LogP contribution in [0.15, 0.2) is 24.3 Å². The molecule has 0 spiro atoms. The normalized spacial score (nSPS) is 22.2. The zero-order valence-electron chi connectivity index (χ0n) is 11.5. The average molecular weight is 282 g/mol. The van der Waals surface area contributed by atoms with Crippen molar-refractivity contribution in [3.63, 3.8) is 0 Å². The molecule has 0 amide bonds. The summed E-state index contributed by atoms with van der Waals surface area (Å²) in [5.74, 6) is 0.602. The van der Waals surface area contributed by atoms with Crippen LogP contribution in [0.1, 0.15) is 25.8 Å². The molecule has 0 radical (unpaired) electrons. The van der Waals surface area contributed by atoms with Gasteiger partial charge in [0.1, 0.15) is 0 Å². The molecule has 0 bridgehead atoms. The van der Waals surface area contributed by atoms with Crippen LogP contribution < -0.4 is 5.73 Å². The van der Waals surface area contributed by atoms with Gasteiger partial charge < -0.3 is 5.73 Å². The van der Waals surface area contributed by atoms with E-state index < -0.39 is 9.84 Å². The molecular formula is C14H22N2O2S. The highest BCUT2D eigenvalue weighted by Crippen LogP contribution is 2.22. The Morgan fingerprint density at radius 1 is 1.42 bits per heavy atom. The van der Waals surface area contributed by atoms with Crippen LogP contribution in [0.4, 0.5) is 5.69 Å². The van der Waals surface area contributed by atoms with Crippen molar-refractivity contribution in [2.45, 2.75) is 38.9 Å². The van der Waals surface area contributed by atoms with Gasteiger partial charge in [-0.25, -0.2) is 8.42 Å². The lowest BCUT2D eigenvalue weighted by Crippen LogP contribution is -2.40. The maximum atomic E-state index is 11.6. The molecule has 1 atom stereocenters. The van der Waals surface area contributed by atoms with Gasteiger partial charge in [0, 0.05) is 24.3 Å². The smallest absolute Gasteiger partial charge is 0.151 e. The van der Waals surface area contributed by atoms with E-state index in [4.69, 9.17) is 5.73 Å². The summed E-state index contributed by atoms with van der Waals surface area (Å²) in [6, 6.07) is 8.25. The first-order valence-corrected chi connectivity index (χ1v) is 8.50. The molecule has 1 aromatic rings. The van der Waals surface area contributed by atoms with E-state index in [1.54, 1.807) is 0 Å². The molecule has 5 heteroatoms. The van der Waals surface area contributed by atoms with E-state index in [1.165, 1.54) is 0 Å². The van der Waals surface area contributed by atoms with Crippen LogP contribution in [0, 0.1) is 0 Å². The Balaban J connectivity index is 2.13. The van der Waals surface area contributed by atoms with Gasteiger partial charge in [0.15, 0.2) is 9.84 Å². The van der Waals surface area contributed by atoms with E-state index in [9.17, 15) is 8.42 Å². The Morgan fingerprint density at radius 3 is 2.68 bits per heavy atom. The Kier molecular flexibility index (Phi) is 4.16. The highest BCUT2D eigenvalue weighted by Gasteiger charge is 2.33. The second-order valence-electron chi connectivity index (χ2n) is 5.57. The number of nitrogens with zero attached hydrogens (tertiary/aromatic N) is 1. The molecule has 106 valence electrons. The van der Waals surface area contributed by atoms with E-state index in [0.717, 1.165) is 24.2 Å². The number of nitrogen functional groups attached to an aromatic ring is 1. The summed E-state index contributed by atoms with van der Waals surface area (Å²) in [5.41, 5.74) is 7.68. The van der Waals surface area contributed by atoms with Crippen LogP contribution in [-0.4, -0.2) is 36.9 Å². The molecule has 19 heavy (non-hydrogen) atoms. The molecule has 1 heterocycles. The number of hydrogen-bond acceptors (Lipinski definition) is 4. The lowest BCUT2D eigenvalue weighted by Gasteiger charge is -2.32. The van der Waals surface area contributed by atoms with Gasteiger partial charge in [-0.15, -0.1) is 0 Å². The van der Waals surface area contributed by atoms with Gasteiger partial charge in [0.25, 0.3) is 0 Å². The molecule has 1 fully saturated rings. The van der Waals surface area contributed by atoms with Gasteiger partial charge >= 0.3 is 0 Å². The molecule has 1 aliphatic rings. The van der Waals surface area contributed by atoms with E-state index in [2.05, 4.69) is 18.7 Å². The predicted octanol–water partition coefficient (Wildman–Crippen LogP) is 1.67. The lowest BCUT2D eigenvalue weighted by molar-refractivity contribution is 0.158. The van der Waals surface area contributed by atoms with Crippen LogP contribution >= 0.6 is 0 Å². The topological polar surface area (TPSA) is 63.4 Å². The Hall–Kier alpha value is -1.07. The van der Waals surface area contributed by atoms with Crippen molar-refractivity contribution < 1.29 is 8.42 Å². The molecule has 0 aliphatic carbocycles. The first-order valence-electron chi connectivity index (χ1n) is 6.68. The molecule has 0 aromatic heterocycles. The fourth-order valence-electron chi connectivity index (χ4n) is 2.67. The Bertz CT molecular complexity index is 540. The van der Waals surface area contributed by atoms with E-state index >= 15 is 0 Å². The van der Waals surface area contributed by atoms with E-state index in [0.29, 0.717) is 11.8 Å². The molecule has 0 saturated carbocycles. The van der Waals surface area contributed by atoms with Gasteiger partial charge in [0.05, 0.1) is 11.5 Å². The van der Waals surface area contributed by atoms with Crippen LogP contribution in [0.2, 0.25) is 0 Å². The molecule has 1 aliphatic heterocycles. The first-order chi connectivity index (χ1) is 8.87. The van der Waals surface area contributed by atoms with Crippen molar-refractivity contribution >= 4 is 15.5 Å². The SMILES string of the molecule is CC(C)N(Cc1cccc(N)c1)C1CCS(=O)(=O)C1. The zero-order valence-corrected chi connectivity index (χ0v) is 12.4. The summed E-state index contributed by atoms with van der Waals surface area (Å²) in [4.78, 5) is 2.26. The average Bonchev–Trinajstić information content (AvgIpc) is 2.66. The van der Waals surface area contributed by atoms with Crippen molar-refractivity contribution in [1.82, 2.24) is 4.90 Å². The summed E-state index contributed by atoms with van der Waals surface area (Å²) < 4.78 is 23.3. The molecule has 4 nitrogen and oxygen atoms in total. The molecular weight excluding hydrogens is 260 g/mol. The summed E-state index contributed by atoms with van der Waals surface area (Å²) in [5, 5.41) is 0. The summed E-state index contributed by atoms with van der Waals surface area (Å²) in [7, 11) is -2.84. The van der Waals surface area contributed by atoms with E-state index in [-0.39, 0.29) is 11.8 Å². The number of hydrogen-bond donors (Lipinski definition) is 1. The van der Waals surface area contributed by atoms with Crippen molar-refractivity contribution in [2.75, 3.05) is 17.2 Å². The summed E-state index contributed by atoms with van der Waals surface area (Å²) in [6.45, 7) is 4.97. The van der Waals surface area contributed by atoms with Gasteiger partial charge in [-0.1, -0.05) is 12.1 Å². The standard InChI is InChI=1S/C14H22N2O2S/c1-11(2)16(14-6-7-19(17,18)10-14)9-12-4-3-5-13(15)8-12/h3-5,8,11,14H,6-7,9-10,15H2,1-2H3. The molecule has 1 saturated heterocycles. The van der Waals surface area contributed by atoms with Gasteiger partial charge in [0.2, 0.25) is 0 Å². The minimum atomic E-state index is -2.84. The van der Waals surface area contributed by atoms with Crippen LogP contribution in [0.25, 0.3) is 0 Å². The lowest BCUT2D eigenvalue weighted by atomic mass is 10.1. The highest BCUT2D eigenvalue weighted by molar-refractivity contribution is 7.91. The fraction of sp³-hybridized carbons (Fsp3) is 0.571. The highest BCUT2D eigenvalue weighted by atomic mass is 32.2. The second-order valence-corrected chi connectivity index (χ2v) is 7.80. The minimum Gasteiger partial charge on any atom is -0.399 e. The van der Waals surface area contributed by atoms with Gasteiger partial charge in [-0.05, 0) is 38.0 Å². The number of sulfone groups is 1. The summed E-state index contributed by atoms with van der Waals surface area (Å²) >= 11 is 0. The molecule has 1 aromatic carbocycles. The van der Waals surface area contributed by atoms with Crippen LogP contribution in [0.3, 0.4) is 0 Å². The number of anilines is 1. The maximum absolute atomic E-state index is 11.6. The number of benzene rings is 1. The summed E-state index contributed by atoms with van der Waals surface area (Å²) in [6.07, 6.45) is 0.739. The Labute approximate surface area is 115 Å². The van der Waals surface area contributed by atoms with Crippen LogP contribution in [-0.2, 0) is 16.4 Å². The molecule has 2 rings (SSSR count). The zero-order chi connectivity index (χ0) is 14.0. The van der Waals surface area contributed by atoms with Gasteiger partial charge in [-0.3, -0.25) is 4.90 Å². The van der Waals surface area contributed by atoms with Crippen molar-refractivity contribution in [1.29, 1.82) is 0 Å². The third-order valence-electron chi connectivity index (χ3n) is 3.66. The first kappa shape index (κ1) is 14.3. The molecule has 1 unspecified atom stereocenters. The van der Waals surface area contributed by atoms with Crippen molar-refractivity contribution in [2.24, 2.45) is 0 Å². The number of rotatable bonds is 4. The third-order valence-corrected chi connectivity index (χ3v) is 5.41. The quantitative estimate of drug-likeness (QED) is 0.853. The van der Waals surface area contributed by atoms with Crippen molar-refractivity contribution in [3.8, 4) is 0 Å². The third kappa shape index (κ3) is 3.70. The van der Waals surface area contributed by atoms with E-state index in [1.807, 2.05) is 24.3 Å². The largest absolute Gasteiger partial charge is 0.399 e. The Morgan fingerprint density at radius 2 is 2.16 bits per heavy atom.